The molecule has 1 aliphatic carbocycles. The molecule has 16 heavy (non-hydrogen) atoms. The molecule has 3 rings (SSSR count). The largest absolute Gasteiger partial charge is 0.264 e. The maximum atomic E-state index is 4.19. The van der Waals surface area contributed by atoms with E-state index in [1.54, 1.807) is 10.4 Å². The lowest BCUT2D eigenvalue weighted by Gasteiger charge is -2.21. The van der Waals surface area contributed by atoms with E-state index in [0.717, 1.165) is 5.92 Å². The molecule has 2 aromatic rings. The fourth-order valence-corrected chi connectivity index (χ4v) is 3.48. The number of aromatic nitrogens is 1. The van der Waals surface area contributed by atoms with Crippen molar-refractivity contribution in [1.82, 2.24) is 4.98 Å². The van der Waals surface area contributed by atoms with Crippen LogP contribution >= 0.6 is 11.3 Å². The molecule has 2 heteroatoms. The Balaban J connectivity index is 1.71. The Morgan fingerprint density at radius 3 is 3.25 bits per heavy atom. The average molecular weight is 229 g/mol. The molecule has 1 nitrogen and oxygen atoms in total. The van der Waals surface area contributed by atoms with Crippen LogP contribution in [-0.4, -0.2) is 4.98 Å². The van der Waals surface area contributed by atoms with Crippen molar-refractivity contribution in [3.05, 3.63) is 52.0 Å². The third kappa shape index (κ3) is 2.03. The molecule has 0 saturated heterocycles. The van der Waals surface area contributed by atoms with Gasteiger partial charge in [-0.3, -0.25) is 4.98 Å². The summed E-state index contributed by atoms with van der Waals surface area (Å²) in [5.74, 6) is 0.811. The second kappa shape index (κ2) is 4.38. The van der Waals surface area contributed by atoms with Crippen molar-refractivity contribution in [2.45, 2.75) is 25.7 Å². The van der Waals surface area contributed by atoms with Crippen LogP contribution in [0.3, 0.4) is 0 Å². The van der Waals surface area contributed by atoms with Gasteiger partial charge in [-0.05, 0) is 60.2 Å². The summed E-state index contributed by atoms with van der Waals surface area (Å²) < 4.78 is 0. The van der Waals surface area contributed by atoms with E-state index in [1.807, 2.05) is 29.8 Å². The van der Waals surface area contributed by atoms with Crippen molar-refractivity contribution in [2.24, 2.45) is 5.92 Å². The molecule has 0 bridgehead atoms. The van der Waals surface area contributed by atoms with Gasteiger partial charge in [0.2, 0.25) is 0 Å². The molecule has 0 amide bonds. The number of rotatable bonds is 2. The van der Waals surface area contributed by atoms with Crippen LogP contribution in [-0.2, 0) is 19.3 Å². The Labute approximate surface area is 100 Å². The molecular weight excluding hydrogens is 214 g/mol. The van der Waals surface area contributed by atoms with Gasteiger partial charge in [-0.2, -0.15) is 0 Å². The molecule has 0 saturated carbocycles. The molecule has 2 aromatic heterocycles. The molecular formula is C14H15NS. The molecule has 82 valence electrons. The highest BCUT2D eigenvalue weighted by Crippen LogP contribution is 2.30. The van der Waals surface area contributed by atoms with Gasteiger partial charge in [0.15, 0.2) is 0 Å². The number of hydrogen-bond donors (Lipinski definition) is 0. The van der Waals surface area contributed by atoms with Gasteiger partial charge in [-0.1, -0.05) is 6.07 Å². The monoisotopic (exact) mass is 229 g/mol. The van der Waals surface area contributed by atoms with Crippen molar-refractivity contribution in [3.8, 4) is 0 Å². The summed E-state index contributed by atoms with van der Waals surface area (Å²) in [5, 5.41) is 2.23. The van der Waals surface area contributed by atoms with E-state index >= 15 is 0 Å². The number of aryl methyl sites for hydroxylation is 1. The zero-order valence-electron chi connectivity index (χ0n) is 9.23. The molecule has 2 heterocycles. The maximum Gasteiger partial charge on any atom is 0.0299 e. The van der Waals surface area contributed by atoms with Crippen LogP contribution in [0.25, 0.3) is 0 Å². The van der Waals surface area contributed by atoms with Gasteiger partial charge in [0.25, 0.3) is 0 Å². The first kappa shape index (κ1) is 10.0. The van der Waals surface area contributed by atoms with Crippen molar-refractivity contribution in [3.63, 3.8) is 0 Å². The Kier molecular flexibility index (Phi) is 2.75. The lowest BCUT2D eigenvalue weighted by Crippen LogP contribution is -2.14. The molecule has 1 unspecified atom stereocenters. The highest BCUT2D eigenvalue weighted by Gasteiger charge is 2.19. The smallest absolute Gasteiger partial charge is 0.0299 e. The van der Waals surface area contributed by atoms with E-state index in [0.29, 0.717) is 0 Å². The first-order chi connectivity index (χ1) is 7.92. The van der Waals surface area contributed by atoms with Crippen LogP contribution in [0.15, 0.2) is 36.0 Å². The van der Waals surface area contributed by atoms with Crippen molar-refractivity contribution in [1.29, 1.82) is 0 Å². The molecule has 0 fully saturated rings. The van der Waals surface area contributed by atoms with Crippen LogP contribution in [0.1, 0.15) is 22.4 Å². The predicted octanol–water partition coefficient (Wildman–Crippen LogP) is 3.49. The molecule has 0 spiro atoms. The highest BCUT2D eigenvalue weighted by atomic mass is 32.1. The summed E-state index contributed by atoms with van der Waals surface area (Å²) in [5.41, 5.74) is 2.97. The van der Waals surface area contributed by atoms with Gasteiger partial charge in [0.1, 0.15) is 0 Å². The van der Waals surface area contributed by atoms with Gasteiger partial charge < -0.3 is 0 Å². The average Bonchev–Trinajstić information content (AvgIpc) is 2.77. The minimum absolute atomic E-state index is 0.811. The lowest BCUT2D eigenvalue weighted by molar-refractivity contribution is 0.460. The molecule has 0 aliphatic heterocycles. The SMILES string of the molecule is c1cncc(CC2CCc3sccc3C2)c1. The molecule has 1 atom stereocenters. The summed E-state index contributed by atoms with van der Waals surface area (Å²) in [7, 11) is 0. The maximum absolute atomic E-state index is 4.19. The summed E-state index contributed by atoms with van der Waals surface area (Å²) in [6, 6.07) is 6.53. The van der Waals surface area contributed by atoms with Crippen LogP contribution in [0, 0.1) is 5.92 Å². The van der Waals surface area contributed by atoms with Crippen molar-refractivity contribution >= 4 is 11.3 Å². The standard InChI is InChI=1S/C14H15NS/c1-2-12(10-15-6-1)8-11-3-4-14-13(9-11)5-7-16-14/h1-2,5-7,10-11H,3-4,8-9H2. The number of pyridine rings is 1. The first-order valence-corrected chi connectivity index (χ1v) is 6.74. The van der Waals surface area contributed by atoms with E-state index in [4.69, 9.17) is 0 Å². The number of fused-ring (bicyclic) bond motifs is 1. The minimum Gasteiger partial charge on any atom is -0.264 e. The summed E-state index contributed by atoms with van der Waals surface area (Å²) >= 11 is 1.92. The number of hydrogen-bond acceptors (Lipinski definition) is 2. The Morgan fingerprint density at radius 2 is 2.38 bits per heavy atom. The summed E-state index contributed by atoms with van der Waals surface area (Å²) in [6.45, 7) is 0. The number of thiophene rings is 1. The Hall–Kier alpha value is -1.15. The zero-order chi connectivity index (χ0) is 10.8. The van der Waals surface area contributed by atoms with Crippen molar-refractivity contribution in [2.75, 3.05) is 0 Å². The fourth-order valence-electron chi connectivity index (χ4n) is 2.54. The molecule has 0 radical (unpaired) electrons. The first-order valence-electron chi connectivity index (χ1n) is 5.86. The number of nitrogens with zero attached hydrogens (tertiary/aromatic N) is 1. The van der Waals surface area contributed by atoms with Gasteiger partial charge in [0.05, 0.1) is 0 Å². The minimum atomic E-state index is 0.811. The van der Waals surface area contributed by atoms with Gasteiger partial charge in [-0.25, -0.2) is 0 Å². The second-order valence-electron chi connectivity index (χ2n) is 4.54. The summed E-state index contributed by atoms with van der Waals surface area (Å²) in [4.78, 5) is 5.80. The lowest BCUT2D eigenvalue weighted by atomic mass is 9.85. The van der Waals surface area contributed by atoms with Gasteiger partial charge >= 0.3 is 0 Å². The molecule has 0 aromatic carbocycles. The van der Waals surface area contributed by atoms with E-state index in [2.05, 4.69) is 22.5 Å². The zero-order valence-corrected chi connectivity index (χ0v) is 10.0. The molecule has 1 aliphatic rings. The normalized spacial score (nSPS) is 19.4. The van der Waals surface area contributed by atoms with Crippen LogP contribution in [0.2, 0.25) is 0 Å². The van der Waals surface area contributed by atoms with Gasteiger partial charge in [0, 0.05) is 17.3 Å². The highest BCUT2D eigenvalue weighted by molar-refractivity contribution is 7.10. The molecule has 0 N–H and O–H groups in total. The van der Waals surface area contributed by atoms with Gasteiger partial charge in [-0.15, -0.1) is 11.3 Å². The van der Waals surface area contributed by atoms with E-state index in [1.165, 1.54) is 31.2 Å². The predicted molar refractivity (Wildman–Crippen MR) is 67.8 cm³/mol. The van der Waals surface area contributed by atoms with Crippen LogP contribution < -0.4 is 0 Å². The van der Waals surface area contributed by atoms with E-state index < -0.39 is 0 Å². The fraction of sp³-hybridized carbons (Fsp3) is 0.357. The quantitative estimate of drug-likeness (QED) is 0.768. The Bertz CT molecular complexity index is 461. The van der Waals surface area contributed by atoms with Crippen LogP contribution in [0.5, 0.6) is 0 Å². The second-order valence-corrected chi connectivity index (χ2v) is 5.54. The van der Waals surface area contributed by atoms with Crippen LogP contribution in [0.4, 0.5) is 0 Å². The third-order valence-electron chi connectivity index (χ3n) is 3.37. The van der Waals surface area contributed by atoms with Crippen molar-refractivity contribution < 1.29 is 0 Å². The Morgan fingerprint density at radius 1 is 1.38 bits per heavy atom. The third-order valence-corrected chi connectivity index (χ3v) is 4.40. The van der Waals surface area contributed by atoms with E-state index in [-0.39, 0.29) is 0 Å². The van der Waals surface area contributed by atoms with E-state index in [9.17, 15) is 0 Å². The summed E-state index contributed by atoms with van der Waals surface area (Å²) in [6.07, 6.45) is 8.90. The topological polar surface area (TPSA) is 12.9 Å².